The fourth-order valence-electron chi connectivity index (χ4n) is 3.24. The van der Waals surface area contributed by atoms with Crippen LogP contribution in [-0.2, 0) is 11.2 Å². The van der Waals surface area contributed by atoms with Crippen LogP contribution in [0.3, 0.4) is 0 Å². The number of benzene rings is 2. The number of carbonyl (C=O) groups is 2. The van der Waals surface area contributed by atoms with Gasteiger partial charge in [-0.1, -0.05) is 30.3 Å². The van der Waals surface area contributed by atoms with E-state index in [0.29, 0.717) is 17.8 Å². The molecule has 1 heterocycles. The molecule has 130 valence electrons. The standard InChI is InChI=1S/C19H20FN3O2/c20-15-7-3-6-14(11-15)17-9-4-10-23(17)19(25)22-16-8-2-1-5-13(16)12-18(21)24/h1-3,5-8,11,17H,4,9-10,12H2,(H2,21,24)(H,22,25). The van der Waals surface area contributed by atoms with E-state index in [1.54, 1.807) is 35.2 Å². The maximum atomic E-state index is 13.5. The quantitative estimate of drug-likeness (QED) is 0.896. The molecule has 0 radical (unpaired) electrons. The van der Waals surface area contributed by atoms with E-state index < -0.39 is 5.91 Å². The largest absolute Gasteiger partial charge is 0.369 e. The molecule has 5 nitrogen and oxygen atoms in total. The molecule has 3 N–H and O–H groups in total. The van der Waals surface area contributed by atoms with E-state index in [-0.39, 0.29) is 24.3 Å². The molecule has 1 aliphatic rings. The first-order valence-electron chi connectivity index (χ1n) is 8.24. The van der Waals surface area contributed by atoms with Gasteiger partial charge < -0.3 is 16.0 Å². The predicted octanol–water partition coefficient (Wildman–Crippen LogP) is 3.22. The van der Waals surface area contributed by atoms with Gasteiger partial charge in [-0.2, -0.15) is 0 Å². The number of nitrogens with zero attached hydrogens (tertiary/aromatic N) is 1. The molecule has 0 spiro atoms. The summed E-state index contributed by atoms with van der Waals surface area (Å²) in [4.78, 5) is 25.6. The van der Waals surface area contributed by atoms with E-state index in [1.165, 1.54) is 12.1 Å². The summed E-state index contributed by atoms with van der Waals surface area (Å²) in [6, 6.07) is 13.0. The Morgan fingerprint density at radius 2 is 2.00 bits per heavy atom. The lowest BCUT2D eigenvalue weighted by Crippen LogP contribution is -2.34. The summed E-state index contributed by atoms with van der Waals surface area (Å²) in [6.45, 7) is 0.602. The normalized spacial score (nSPS) is 16.7. The number of halogens is 1. The van der Waals surface area contributed by atoms with E-state index >= 15 is 0 Å². The number of urea groups is 1. The van der Waals surface area contributed by atoms with E-state index in [4.69, 9.17) is 5.73 Å². The van der Waals surface area contributed by atoms with Crippen molar-refractivity contribution >= 4 is 17.6 Å². The Labute approximate surface area is 145 Å². The first kappa shape index (κ1) is 17.0. The molecule has 1 fully saturated rings. The van der Waals surface area contributed by atoms with Crippen molar-refractivity contribution < 1.29 is 14.0 Å². The van der Waals surface area contributed by atoms with Gasteiger partial charge in [0.05, 0.1) is 12.5 Å². The van der Waals surface area contributed by atoms with Crippen LogP contribution in [0.15, 0.2) is 48.5 Å². The molecule has 2 aromatic carbocycles. The van der Waals surface area contributed by atoms with Gasteiger partial charge in [0.2, 0.25) is 5.91 Å². The summed E-state index contributed by atoms with van der Waals surface area (Å²) in [5.41, 5.74) is 7.29. The van der Waals surface area contributed by atoms with Gasteiger partial charge in [-0.25, -0.2) is 9.18 Å². The molecule has 6 heteroatoms. The van der Waals surface area contributed by atoms with E-state index in [2.05, 4.69) is 5.32 Å². The molecule has 0 aromatic heterocycles. The number of rotatable bonds is 4. The van der Waals surface area contributed by atoms with Gasteiger partial charge in [-0.05, 0) is 42.2 Å². The van der Waals surface area contributed by atoms with Gasteiger partial charge in [0.25, 0.3) is 0 Å². The monoisotopic (exact) mass is 341 g/mol. The second-order valence-electron chi connectivity index (χ2n) is 6.14. The third kappa shape index (κ3) is 3.96. The van der Waals surface area contributed by atoms with Crippen molar-refractivity contribution in [2.24, 2.45) is 5.73 Å². The zero-order valence-electron chi connectivity index (χ0n) is 13.7. The molecule has 25 heavy (non-hydrogen) atoms. The summed E-state index contributed by atoms with van der Waals surface area (Å²) in [6.07, 6.45) is 1.71. The maximum absolute atomic E-state index is 13.5. The summed E-state index contributed by atoms with van der Waals surface area (Å²) in [5.74, 6) is -0.767. The number of primary amides is 1. The highest BCUT2D eigenvalue weighted by atomic mass is 19.1. The van der Waals surface area contributed by atoms with Gasteiger partial charge in [0.1, 0.15) is 5.82 Å². The zero-order valence-corrected chi connectivity index (χ0v) is 13.7. The first-order chi connectivity index (χ1) is 12.0. The highest BCUT2D eigenvalue weighted by Gasteiger charge is 2.30. The molecule has 1 saturated heterocycles. The minimum Gasteiger partial charge on any atom is -0.369 e. The van der Waals surface area contributed by atoms with Gasteiger partial charge in [0, 0.05) is 12.2 Å². The number of carbonyl (C=O) groups excluding carboxylic acids is 2. The zero-order chi connectivity index (χ0) is 17.8. The average molecular weight is 341 g/mol. The van der Waals surface area contributed by atoms with Crippen molar-refractivity contribution in [3.63, 3.8) is 0 Å². The van der Waals surface area contributed by atoms with Gasteiger partial charge >= 0.3 is 6.03 Å². The van der Waals surface area contributed by atoms with Crippen LogP contribution in [0.25, 0.3) is 0 Å². The van der Waals surface area contributed by atoms with Crippen molar-refractivity contribution in [2.75, 3.05) is 11.9 Å². The molecule has 3 amide bonds. The minimum atomic E-state index is -0.458. The molecule has 1 unspecified atom stereocenters. The lowest BCUT2D eigenvalue weighted by Gasteiger charge is -2.26. The van der Waals surface area contributed by atoms with Crippen molar-refractivity contribution in [2.45, 2.75) is 25.3 Å². The molecular weight excluding hydrogens is 321 g/mol. The molecule has 1 aliphatic heterocycles. The second kappa shape index (κ2) is 7.34. The lowest BCUT2D eigenvalue weighted by molar-refractivity contribution is -0.117. The van der Waals surface area contributed by atoms with Crippen molar-refractivity contribution in [1.82, 2.24) is 4.90 Å². The second-order valence-corrected chi connectivity index (χ2v) is 6.14. The predicted molar refractivity (Wildman–Crippen MR) is 93.4 cm³/mol. The van der Waals surface area contributed by atoms with Crippen molar-refractivity contribution in [1.29, 1.82) is 0 Å². The van der Waals surface area contributed by atoms with E-state index in [9.17, 15) is 14.0 Å². The van der Waals surface area contributed by atoms with Gasteiger partial charge in [-0.3, -0.25) is 4.79 Å². The van der Waals surface area contributed by atoms with Crippen LogP contribution in [0.2, 0.25) is 0 Å². The molecule has 0 bridgehead atoms. The number of likely N-dealkylation sites (tertiary alicyclic amines) is 1. The van der Waals surface area contributed by atoms with Gasteiger partial charge in [-0.15, -0.1) is 0 Å². The van der Waals surface area contributed by atoms with Crippen LogP contribution in [0.4, 0.5) is 14.9 Å². The number of nitrogens with two attached hydrogens (primary N) is 1. The van der Waals surface area contributed by atoms with Crippen LogP contribution in [0, 0.1) is 5.82 Å². The number of hydrogen-bond donors (Lipinski definition) is 2. The van der Waals surface area contributed by atoms with Crippen LogP contribution >= 0.6 is 0 Å². The SMILES string of the molecule is NC(=O)Cc1ccccc1NC(=O)N1CCCC1c1cccc(F)c1. The average Bonchev–Trinajstić information content (AvgIpc) is 3.06. The number of hydrogen-bond acceptors (Lipinski definition) is 2. The van der Waals surface area contributed by atoms with Crippen LogP contribution < -0.4 is 11.1 Å². The highest BCUT2D eigenvalue weighted by molar-refractivity contribution is 5.91. The van der Waals surface area contributed by atoms with Crippen molar-refractivity contribution in [3.05, 3.63) is 65.5 Å². The third-order valence-corrected chi connectivity index (χ3v) is 4.37. The van der Waals surface area contributed by atoms with Crippen molar-refractivity contribution in [3.8, 4) is 0 Å². The fraction of sp³-hybridized carbons (Fsp3) is 0.263. The summed E-state index contributed by atoms with van der Waals surface area (Å²) in [5, 5.41) is 2.86. The number of amides is 3. The molecular formula is C19H20FN3O2. The summed E-state index contributed by atoms with van der Waals surface area (Å²) in [7, 11) is 0. The Hall–Kier alpha value is -2.89. The Morgan fingerprint density at radius 3 is 2.76 bits per heavy atom. The number of anilines is 1. The molecule has 1 atom stereocenters. The number of para-hydroxylation sites is 1. The molecule has 3 rings (SSSR count). The smallest absolute Gasteiger partial charge is 0.322 e. The maximum Gasteiger partial charge on any atom is 0.322 e. The molecule has 0 aliphatic carbocycles. The first-order valence-corrected chi connectivity index (χ1v) is 8.24. The Morgan fingerprint density at radius 1 is 1.20 bits per heavy atom. The number of nitrogens with one attached hydrogen (secondary N) is 1. The topological polar surface area (TPSA) is 75.4 Å². The summed E-state index contributed by atoms with van der Waals surface area (Å²) < 4.78 is 13.5. The Bertz CT molecular complexity index is 794. The molecule has 2 aromatic rings. The van der Waals surface area contributed by atoms with Crippen LogP contribution in [0.1, 0.15) is 30.0 Å². The molecule has 0 saturated carbocycles. The summed E-state index contributed by atoms with van der Waals surface area (Å²) >= 11 is 0. The van der Waals surface area contributed by atoms with Crippen LogP contribution in [-0.4, -0.2) is 23.4 Å². The fourth-order valence-corrected chi connectivity index (χ4v) is 3.24. The van der Waals surface area contributed by atoms with E-state index in [0.717, 1.165) is 18.4 Å². The van der Waals surface area contributed by atoms with Crippen LogP contribution in [0.5, 0.6) is 0 Å². The van der Waals surface area contributed by atoms with E-state index in [1.807, 2.05) is 6.07 Å². The Kier molecular flexibility index (Phi) is 4.97. The lowest BCUT2D eigenvalue weighted by atomic mass is 10.0. The highest BCUT2D eigenvalue weighted by Crippen LogP contribution is 2.32. The Balaban J connectivity index is 1.78. The van der Waals surface area contributed by atoms with Gasteiger partial charge in [0.15, 0.2) is 0 Å². The third-order valence-electron chi connectivity index (χ3n) is 4.37. The minimum absolute atomic E-state index is 0.0593.